The van der Waals surface area contributed by atoms with Crippen molar-refractivity contribution in [3.63, 3.8) is 0 Å². The van der Waals surface area contributed by atoms with Gasteiger partial charge in [-0.2, -0.15) is 0 Å². The van der Waals surface area contributed by atoms with Crippen LogP contribution in [0.25, 0.3) is 0 Å². The average Bonchev–Trinajstić information content (AvgIpc) is 2.64. The summed E-state index contributed by atoms with van der Waals surface area (Å²) in [6.45, 7) is 3.32. The lowest BCUT2D eigenvalue weighted by Gasteiger charge is -2.21. The number of hydrogen-bond acceptors (Lipinski definition) is 8. The maximum Gasteiger partial charge on any atom is 0.348 e. The van der Waals surface area contributed by atoms with Gasteiger partial charge in [-0.05, 0) is 0 Å². The standard InChI is InChI=1S/C12H16O8/c1-6(13)17-5-11(19-8(3)15)9-4-10(12(16)20-9)18-7(2)14/h9-11H,4-5H2,1-3H3/t9-,10+,11+/m0/s1. The zero-order valence-electron chi connectivity index (χ0n) is 11.4. The monoisotopic (exact) mass is 288 g/mol. The smallest absolute Gasteiger partial charge is 0.348 e. The summed E-state index contributed by atoms with van der Waals surface area (Å²) in [6, 6.07) is 0. The molecular weight excluding hydrogens is 272 g/mol. The predicted octanol–water partition coefficient (Wildman–Crippen LogP) is -0.272. The first-order valence-corrected chi connectivity index (χ1v) is 5.98. The van der Waals surface area contributed by atoms with Crippen LogP contribution in [0.1, 0.15) is 27.2 Å². The molecule has 0 aromatic carbocycles. The number of ether oxygens (including phenoxy) is 4. The second-order valence-corrected chi connectivity index (χ2v) is 4.26. The van der Waals surface area contributed by atoms with Gasteiger partial charge >= 0.3 is 23.9 Å². The lowest BCUT2D eigenvalue weighted by Crippen LogP contribution is -2.35. The summed E-state index contributed by atoms with van der Waals surface area (Å²) in [6.07, 6.45) is -2.75. The fourth-order valence-corrected chi connectivity index (χ4v) is 1.73. The van der Waals surface area contributed by atoms with Crippen molar-refractivity contribution in [3.05, 3.63) is 0 Å². The third-order valence-corrected chi connectivity index (χ3v) is 2.47. The number of cyclic esters (lactones) is 1. The van der Waals surface area contributed by atoms with E-state index in [2.05, 4.69) is 0 Å². The molecule has 0 amide bonds. The largest absolute Gasteiger partial charge is 0.462 e. The molecule has 112 valence electrons. The van der Waals surface area contributed by atoms with Gasteiger partial charge in [0.2, 0.25) is 6.10 Å². The second-order valence-electron chi connectivity index (χ2n) is 4.26. The molecule has 0 bridgehead atoms. The third-order valence-electron chi connectivity index (χ3n) is 2.47. The Balaban J connectivity index is 2.66. The Morgan fingerprint density at radius 1 is 1.20 bits per heavy atom. The molecule has 0 saturated carbocycles. The number of rotatable bonds is 5. The Bertz CT molecular complexity index is 416. The highest BCUT2D eigenvalue weighted by molar-refractivity contribution is 5.80. The molecule has 0 unspecified atom stereocenters. The zero-order chi connectivity index (χ0) is 15.3. The van der Waals surface area contributed by atoms with Crippen LogP contribution in [0.3, 0.4) is 0 Å². The third kappa shape index (κ3) is 4.87. The molecule has 8 nitrogen and oxygen atoms in total. The Morgan fingerprint density at radius 3 is 2.35 bits per heavy atom. The Labute approximate surface area is 115 Å². The first-order valence-electron chi connectivity index (χ1n) is 5.98. The van der Waals surface area contributed by atoms with Crippen LogP contribution in [0.2, 0.25) is 0 Å². The van der Waals surface area contributed by atoms with Crippen molar-refractivity contribution in [1.82, 2.24) is 0 Å². The molecular formula is C12H16O8. The molecule has 8 heteroatoms. The van der Waals surface area contributed by atoms with Crippen molar-refractivity contribution in [2.24, 2.45) is 0 Å². The van der Waals surface area contributed by atoms with Crippen LogP contribution in [-0.2, 0) is 38.1 Å². The molecule has 0 aromatic heterocycles. The summed E-state index contributed by atoms with van der Waals surface area (Å²) >= 11 is 0. The van der Waals surface area contributed by atoms with Gasteiger partial charge in [0.25, 0.3) is 0 Å². The van der Waals surface area contributed by atoms with Crippen molar-refractivity contribution in [2.45, 2.75) is 45.5 Å². The van der Waals surface area contributed by atoms with Crippen LogP contribution in [-0.4, -0.2) is 48.8 Å². The molecule has 1 heterocycles. The number of esters is 4. The van der Waals surface area contributed by atoms with Gasteiger partial charge in [-0.3, -0.25) is 14.4 Å². The summed E-state index contributed by atoms with van der Waals surface area (Å²) in [7, 11) is 0. The van der Waals surface area contributed by atoms with E-state index < -0.39 is 42.2 Å². The van der Waals surface area contributed by atoms with Crippen LogP contribution in [0.4, 0.5) is 0 Å². The van der Waals surface area contributed by atoms with Gasteiger partial charge in [-0.1, -0.05) is 0 Å². The van der Waals surface area contributed by atoms with Gasteiger partial charge in [-0.15, -0.1) is 0 Å². The van der Waals surface area contributed by atoms with E-state index >= 15 is 0 Å². The van der Waals surface area contributed by atoms with Crippen molar-refractivity contribution < 1.29 is 38.1 Å². The molecule has 1 saturated heterocycles. The highest BCUT2D eigenvalue weighted by Gasteiger charge is 2.42. The minimum absolute atomic E-state index is 0.0393. The van der Waals surface area contributed by atoms with Crippen LogP contribution in [0.15, 0.2) is 0 Å². The van der Waals surface area contributed by atoms with E-state index in [1.807, 2.05) is 0 Å². The highest BCUT2D eigenvalue weighted by atomic mass is 16.6. The first kappa shape index (κ1) is 15.9. The van der Waals surface area contributed by atoms with Crippen molar-refractivity contribution >= 4 is 23.9 Å². The maximum atomic E-state index is 11.5. The normalized spacial score (nSPS) is 22.6. The van der Waals surface area contributed by atoms with Crippen molar-refractivity contribution in [3.8, 4) is 0 Å². The van der Waals surface area contributed by atoms with Gasteiger partial charge < -0.3 is 18.9 Å². The van der Waals surface area contributed by atoms with E-state index in [4.69, 9.17) is 18.9 Å². The van der Waals surface area contributed by atoms with Crippen LogP contribution in [0, 0.1) is 0 Å². The topological polar surface area (TPSA) is 105 Å². The molecule has 20 heavy (non-hydrogen) atoms. The fourth-order valence-electron chi connectivity index (χ4n) is 1.73. The summed E-state index contributed by atoms with van der Waals surface area (Å²) in [5, 5.41) is 0. The second kappa shape index (κ2) is 6.88. The van der Waals surface area contributed by atoms with Gasteiger partial charge in [-0.25, -0.2) is 4.79 Å². The Morgan fingerprint density at radius 2 is 1.85 bits per heavy atom. The molecule has 1 aliphatic rings. The summed E-state index contributed by atoms with van der Waals surface area (Å²) in [5.74, 6) is -2.49. The van der Waals surface area contributed by atoms with Crippen LogP contribution < -0.4 is 0 Å². The number of hydrogen-bond donors (Lipinski definition) is 0. The zero-order valence-corrected chi connectivity index (χ0v) is 11.4. The Kier molecular flexibility index (Phi) is 5.48. The van der Waals surface area contributed by atoms with Crippen molar-refractivity contribution in [2.75, 3.05) is 6.61 Å². The summed E-state index contributed by atoms with van der Waals surface area (Å²) < 4.78 is 19.5. The van der Waals surface area contributed by atoms with Gasteiger partial charge in [0, 0.05) is 27.2 Å². The summed E-state index contributed by atoms with van der Waals surface area (Å²) in [4.78, 5) is 44.1. The number of carbonyl (C=O) groups excluding carboxylic acids is 4. The highest BCUT2D eigenvalue weighted by Crippen LogP contribution is 2.23. The van der Waals surface area contributed by atoms with Crippen LogP contribution in [0.5, 0.6) is 0 Å². The first-order chi connectivity index (χ1) is 9.29. The van der Waals surface area contributed by atoms with E-state index in [-0.39, 0.29) is 13.0 Å². The molecule has 1 fully saturated rings. The quantitative estimate of drug-likeness (QED) is 0.502. The molecule has 0 spiro atoms. The Hall–Kier alpha value is -2.12. The average molecular weight is 288 g/mol. The predicted molar refractivity (Wildman–Crippen MR) is 62.2 cm³/mol. The fraction of sp³-hybridized carbons (Fsp3) is 0.667. The van der Waals surface area contributed by atoms with E-state index in [0.717, 1.165) is 0 Å². The van der Waals surface area contributed by atoms with E-state index in [0.29, 0.717) is 0 Å². The van der Waals surface area contributed by atoms with Gasteiger partial charge in [0.1, 0.15) is 12.7 Å². The van der Waals surface area contributed by atoms with Gasteiger partial charge in [0.15, 0.2) is 6.10 Å². The molecule has 0 radical (unpaired) electrons. The van der Waals surface area contributed by atoms with Crippen LogP contribution >= 0.6 is 0 Å². The van der Waals surface area contributed by atoms with E-state index in [9.17, 15) is 19.2 Å². The minimum atomic E-state index is -1.03. The van der Waals surface area contributed by atoms with Gasteiger partial charge in [0.05, 0.1) is 0 Å². The number of carbonyl (C=O) groups is 4. The summed E-state index contributed by atoms with van der Waals surface area (Å²) in [5.41, 5.74) is 0. The molecule has 3 atom stereocenters. The lowest BCUT2D eigenvalue weighted by molar-refractivity contribution is -0.169. The maximum absolute atomic E-state index is 11.5. The molecule has 0 aromatic rings. The molecule has 1 rings (SSSR count). The molecule has 0 N–H and O–H groups in total. The SMILES string of the molecule is CC(=O)OC[C@@H](OC(C)=O)[C@@H]1C[C@@H](OC(C)=O)C(=O)O1. The van der Waals surface area contributed by atoms with E-state index in [1.165, 1.54) is 20.8 Å². The molecule has 0 aliphatic carbocycles. The molecule has 1 aliphatic heterocycles. The van der Waals surface area contributed by atoms with Crippen molar-refractivity contribution in [1.29, 1.82) is 0 Å². The van der Waals surface area contributed by atoms with E-state index in [1.54, 1.807) is 0 Å². The lowest BCUT2D eigenvalue weighted by atomic mass is 10.1. The minimum Gasteiger partial charge on any atom is -0.462 e.